The second-order valence-electron chi connectivity index (χ2n) is 8.53. The average Bonchev–Trinajstić information content (AvgIpc) is 3.43. The maximum atomic E-state index is 12.9. The van der Waals surface area contributed by atoms with Crippen molar-refractivity contribution in [2.45, 2.75) is 38.5 Å². The smallest absolute Gasteiger partial charge is 0.253 e. The molecule has 156 valence electrons. The van der Waals surface area contributed by atoms with Gasteiger partial charge >= 0.3 is 0 Å². The predicted octanol–water partition coefficient (Wildman–Crippen LogP) is 2.46. The monoisotopic (exact) mass is 404 g/mol. The van der Waals surface area contributed by atoms with E-state index >= 15 is 0 Å². The van der Waals surface area contributed by atoms with E-state index in [1.165, 1.54) is 22.5 Å². The lowest BCUT2D eigenvalue weighted by atomic mass is 10.1. The minimum Gasteiger partial charge on any atom is -0.336 e. The second kappa shape index (κ2) is 8.19. The fourth-order valence-electron chi connectivity index (χ4n) is 4.99. The number of fused-ring (bicyclic) bond motifs is 2. The van der Waals surface area contributed by atoms with E-state index in [0.29, 0.717) is 19.6 Å². The van der Waals surface area contributed by atoms with Crippen LogP contribution in [0.15, 0.2) is 30.3 Å². The molecule has 5 rings (SSSR count). The van der Waals surface area contributed by atoms with Crippen molar-refractivity contribution in [2.75, 3.05) is 38.0 Å². The first kappa shape index (κ1) is 19.2. The Morgan fingerprint density at radius 3 is 2.13 bits per heavy atom. The molecule has 0 radical (unpaired) electrons. The van der Waals surface area contributed by atoms with Crippen molar-refractivity contribution in [3.05, 3.63) is 58.4 Å². The number of anilines is 1. The number of carbonyl (C=O) groups excluding carboxylic acids is 2. The molecule has 1 fully saturated rings. The fraction of sp³-hybridized carbons (Fsp3) is 0.458. The number of aryl methyl sites for hydroxylation is 2. The normalized spacial score (nSPS) is 18.2. The van der Waals surface area contributed by atoms with Gasteiger partial charge in [0.1, 0.15) is 0 Å². The van der Waals surface area contributed by atoms with Crippen LogP contribution < -0.4 is 5.32 Å². The van der Waals surface area contributed by atoms with Gasteiger partial charge in [0.25, 0.3) is 5.91 Å². The van der Waals surface area contributed by atoms with Gasteiger partial charge in [-0.2, -0.15) is 0 Å². The fourth-order valence-corrected chi connectivity index (χ4v) is 4.99. The highest BCUT2D eigenvalue weighted by molar-refractivity contribution is 5.95. The molecule has 0 unspecified atom stereocenters. The Morgan fingerprint density at radius 2 is 1.50 bits per heavy atom. The first-order valence-corrected chi connectivity index (χ1v) is 11.1. The van der Waals surface area contributed by atoms with E-state index in [4.69, 9.17) is 4.98 Å². The number of piperazine rings is 1. The first-order valence-electron chi connectivity index (χ1n) is 11.1. The van der Waals surface area contributed by atoms with Crippen LogP contribution in [0, 0.1) is 0 Å². The summed E-state index contributed by atoms with van der Waals surface area (Å²) < 4.78 is 0. The number of aromatic nitrogens is 1. The largest absolute Gasteiger partial charge is 0.336 e. The van der Waals surface area contributed by atoms with E-state index < -0.39 is 0 Å². The van der Waals surface area contributed by atoms with Crippen LogP contribution in [-0.2, 0) is 30.5 Å². The number of nitrogens with one attached hydrogen (secondary N) is 1. The second-order valence-corrected chi connectivity index (χ2v) is 8.53. The molecule has 1 saturated heterocycles. The SMILES string of the molecule is O=C(CN1CCN(C(=O)c2ccccc2)CC1)Nc1c2c(nc3c1CCC3)CCC2. The summed E-state index contributed by atoms with van der Waals surface area (Å²) in [6, 6.07) is 9.41. The van der Waals surface area contributed by atoms with Crippen LogP contribution in [0.5, 0.6) is 0 Å². The number of pyridine rings is 1. The zero-order valence-corrected chi connectivity index (χ0v) is 17.3. The highest BCUT2D eigenvalue weighted by Crippen LogP contribution is 2.36. The number of carbonyl (C=O) groups is 2. The van der Waals surface area contributed by atoms with Crippen molar-refractivity contribution in [1.82, 2.24) is 14.8 Å². The molecule has 2 aliphatic carbocycles. The molecular weight excluding hydrogens is 376 g/mol. The molecule has 6 heteroatoms. The van der Waals surface area contributed by atoms with E-state index in [-0.39, 0.29) is 11.8 Å². The molecule has 6 nitrogen and oxygen atoms in total. The minimum absolute atomic E-state index is 0.0484. The molecule has 1 aromatic heterocycles. The molecule has 1 N–H and O–H groups in total. The Balaban J connectivity index is 1.20. The van der Waals surface area contributed by atoms with Gasteiger partial charge in [0.2, 0.25) is 5.91 Å². The predicted molar refractivity (Wildman–Crippen MR) is 116 cm³/mol. The number of benzene rings is 1. The molecule has 0 spiro atoms. The van der Waals surface area contributed by atoms with Gasteiger partial charge in [-0.1, -0.05) is 18.2 Å². The molecule has 3 aliphatic rings. The number of nitrogens with zero attached hydrogens (tertiary/aromatic N) is 3. The van der Waals surface area contributed by atoms with Crippen molar-refractivity contribution < 1.29 is 9.59 Å². The quantitative estimate of drug-likeness (QED) is 0.850. The van der Waals surface area contributed by atoms with Gasteiger partial charge in [-0.15, -0.1) is 0 Å². The molecule has 2 amide bonds. The van der Waals surface area contributed by atoms with Gasteiger partial charge in [0, 0.05) is 43.1 Å². The Bertz CT molecular complexity index is 933. The van der Waals surface area contributed by atoms with Crippen LogP contribution in [0.3, 0.4) is 0 Å². The summed E-state index contributed by atoms with van der Waals surface area (Å²) in [6.07, 6.45) is 6.36. The minimum atomic E-state index is 0.0484. The van der Waals surface area contributed by atoms with E-state index in [1.54, 1.807) is 0 Å². The van der Waals surface area contributed by atoms with E-state index in [1.807, 2.05) is 35.2 Å². The van der Waals surface area contributed by atoms with Crippen molar-refractivity contribution in [1.29, 1.82) is 0 Å². The van der Waals surface area contributed by atoms with Gasteiger partial charge in [0.05, 0.1) is 12.2 Å². The molecule has 0 saturated carbocycles. The third-order valence-electron chi connectivity index (χ3n) is 6.56. The topological polar surface area (TPSA) is 65.5 Å². The summed E-state index contributed by atoms with van der Waals surface area (Å²) in [4.78, 5) is 34.4. The van der Waals surface area contributed by atoms with Crippen LogP contribution in [0.25, 0.3) is 0 Å². The summed E-state index contributed by atoms with van der Waals surface area (Å²) >= 11 is 0. The Hall–Kier alpha value is -2.73. The van der Waals surface area contributed by atoms with Crippen LogP contribution in [-0.4, -0.2) is 59.3 Å². The van der Waals surface area contributed by atoms with Crippen LogP contribution in [0.4, 0.5) is 5.69 Å². The first-order chi connectivity index (χ1) is 14.7. The number of hydrogen-bond acceptors (Lipinski definition) is 4. The molecule has 30 heavy (non-hydrogen) atoms. The van der Waals surface area contributed by atoms with E-state index in [2.05, 4.69) is 10.2 Å². The summed E-state index contributed by atoms with van der Waals surface area (Å²) in [5, 5.41) is 3.25. The van der Waals surface area contributed by atoms with Gasteiger partial charge in [0.15, 0.2) is 0 Å². The Morgan fingerprint density at radius 1 is 0.867 bits per heavy atom. The molecule has 2 heterocycles. The van der Waals surface area contributed by atoms with Crippen LogP contribution in [0.2, 0.25) is 0 Å². The molecule has 1 aliphatic heterocycles. The average molecular weight is 405 g/mol. The maximum Gasteiger partial charge on any atom is 0.253 e. The van der Waals surface area contributed by atoms with Gasteiger partial charge < -0.3 is 10.2 Å². The van der Waals surface area contributed by atoms with Gasteiger partial charge in [-0.3, -0.25) is 19.5 Å². The molecular formula is C24H28N4O2. The summed E-state index contributed by atoms with van der Waals surface area (Å²) in [7, 11) is 0. The van der Waals surface area contributed by atoms with Crippen LogP contribution in [0.1, 0.15) is 45.7 Å². The van der Waals surface area contributed by atoms with E-state index in [9.17, 15) is 9.59 Å². The molecule has 0 bridgehead atoms. The lowest BCUT2D eigenvalue weighted by Gasteiger charge is -2.34. The van der Waals surface area contributed by atoms with Crippen LogP contribution >= 0.6 is 0 Å². The van der Waals surface area contributed by atoms with Gasteiger partial charge in [-0.25, -0.2) is 0 Å². The zero-order chi connectivity index (χ0) is 20.5. The Labute approximate surface area is 177 Å². The lowest BCUT2D eigenvalue weighted by molar-refractivity contribution is -0.117. The zero-order valence-electron chi connectivity index (χ0n) is 17.3. The number of hydrogen-bond donors (Lipinski definition) is 1. The summed E-state index contributed by atoms with van der Waals surface area (Å²) in [5.74, 6) is 0.120. The van der Waals surface area contributed by atoms with Crippen molar-refractivity contribution >= 4 is 17.5 Å². The standard InChI is InChI=1S/C24H28N4O2/c29-22(26-23-18-8-4-10-20(18)25-21-11-5-9-19(21)23)16-27-12-14-28(15-13-27)24(30)17-6-2-1-3-7-17/h1-3,6-7H,4-5,8-16H2,(H,25,26,29). The lowest BCUT2D eigenvalue weighted by Crippen LogP contribution is -2.50. The maximum absolute atomic E-state index is 12.9. The summed E-state index contributed by atoms with van der Waals surface area (Å²) in [6.45, 7) is 3.12. The summed E-state index contributed by atoms with van der Waals surface area (Å²) in [5.41, 5.74) is 6.71. The Kier molecular flexibility index (Phi) is 5.25. The highest BCUT2D eigenvalue weighted by Gasteiger charge is 2.28. The van der Waals surface area contributed by atoms with Crippen molar-refractivity contribution in [3.8, 4) is 0 Å². The number of amides is 2. The molecule has 0 atom stereocenters. The van der Waals surface area contributed by atoms with Gasteiger partial charge in [-0.05, 0) is 61.8 Å². The van der Waals surface area contributed by atoms with E-state index in [0.717, 1.165) is 62.9 Å². The third kappa shape index (κ3) is 3.72. The van der Waals surface area contributed by atoms with Crippen molar-refractivity contribution in [3.63, 3.8) is 0 Å². The molecule has 2 aromatic rings. The molecule has 1 aromatic carbocycles. The highest BCUT2D eigenvalue weighted by atomic mass is 16.2. The van der Waals surface area contributed by atoms with Crippen molar-refractivity contribution in [2.24, 2.45) is 0 Å². The third-order valence-corrected chi connectivity index (χ3v) is 6.56. The number of rotatable bonds is 4.